The number of carbonyl (C=O) groups excluding carboxylic acids is 2. The quantitative estimate of drug-likeness (QED) is 0.586. The first kappa shape index (κ1) is 23.1. The van der Waals surface area contributed by atoms with Crippen LogP contribution in [0.25, 0.3) is 0 Å². The molecule has 0 saturated heterocycles. The van der Waals surface area contributed by atoms with E-state index in [0.29, 0.717) is 35.1 Å². The van der Waals surface area contributed by atoms with Crippen LogP contribution in [0.15, 0.2) is 72.1 Å². The van der Waals surface area contributed by atoms with E-state index in [4.69, 9.17) is 21.1 Å². The molecule has 0 aromatic heterocycles. The minimum Gasteiger partial charge on any atom is -0.489 e. The largest absolute Gasteiger partial charge is 0.489 e. The van der Waals surface area contributed by atoms with Gasteiger partial charge < -0.3 is 14.8 Å². The van der Waals surface area contributed by atoms with Crippen molar-refractivity contribution in [1.82, 2.24) is 5.32 Å². The van der Waals surface area contributed by atoms with Crippen molar-refractivity contribution in [2.45, 2.75) is 39.2 Å². The Labute approximate surface area is 199 Å². The molecule has 1 N–H and O–H groups in total. The van der Waals surface area contributed by atoms with Gasteiger partial charge in [0.2, 0.25) is 0 Å². The van der Waals surface area contributed by atoms with E-state index < -0.39 is 17.8 Å². The van der Waals surface area contributed by atoms with E-state index in [9.17, 15) is 9.59 Å². The second-order valence-corrected chi connectivity index (χ2v) is 9.88. The Morgan fingerprint density at radius 2 is 1.79 bits per heavy atom. The summed E-state index contributed by atoms with van der Waals surface area (Å²) in [6.07, 6.45) is 1.16. The fourth-order valence-corrected chi connectivity index (χ4v) is 4.86. The Balaban J connectivity index is 1.64. The van der Waals surface area contributed by atoms with Gasteiger partial charge in [-0.15, -0.1) is 0 Å². The van der Waals surface area contributed by atoms with Crippen LogP contribution in [0.4, 0.5) is 0 Å². The summed E-state index contributed by atoms with van der Waals surface area (Å²) in [6, 6.07) is 15.0. The number of allylic oxidation sites excluding steroid dienone is 2. The summed E-state index contributed by atoms with van der Waals surface area (Å²) in [4.78, 5) is 26.0. The number of ether oxygens (including phenoxy) is 2. The van der Waals surface area contributed by atoms with Crippen LogP contribution in [0, 0.1) is 11.3 Å². The first-order valence-electron chi connectivity index (χ1n) is 11.0. The number of esters is 1. The number of Topliss-reactive ketones (excluding diaryl/α,β-unsaturated/α-hetero) is 1. The molecule has 33 heavy (non-hydrogen) atoms. The molecule has 5 nitrogen and oxygen atoms in total. The first-order valence-corrected chi connectivity index (χ1v) is 11.3. The molecule has 0 saturated carbocycles. The standard InChI is InChI=1S/C27H28ClNO4/c1-16-23(26(31)32-4)24(25-21(29-16)13-27(2,3)14-22(25)30)18-7-11-20(12-8-18)33-15-17-5-9-19(28)10-6-17/h5-12,23-24,29H,1,13-15H2,2-4H3. The third-order valence-electron chi connectivity index (χ3n) is 6.26. The number of rotatable bonds is 5. The van der Waals surface area contributed by atoms with Crippen molar-refractivity contribution in [3.63, 3.8) is 0 Å². The lowest BCUT2D eigenvalue weighted by Gasteiger charge is -2.42. The minimum absolute atomic E-state index is 0.0585. The highest BCUT2D eigenvalue weighted by molar-refractivity contribution is 6.30. The molecule has 6 heteroatoms. The van der Waals surface area contributed by atoms with Crippen molar-refractivity contribution < 1.29 is 19.1 Å². The van der Waals surface area contributed by atoms with Crippen molar-refractivity contribution in [2.75, 3.05) is 7.11 Å². The second kappa shape index (κ2) is 9.06. The van der Waals surface area contributed by atoms with Gasteiger partial charge >= 0.3 is 5.97 Å². The average molecular weight is 466 g/mol. The molecule has 2 aromatic rings. The monoisotopic (exact) mass is 465 g/mol. The van der Waals surface area contributed by atoms with E-state index >= 15 is 0 Å². The molecule has 4 rings (SSSR count). The van der Waals surface area contributed by atoms with E-state index in [1.807, 2.05) is 48.5 Å². The number of benzene rings is 2. The van der Waals surface area contributed by atoms with E-state index in [2.05, 4.69) is 25.7 Å². The van der Waals surface area contributed by atoms with Gasteiger partial charge in [0.15, 0.2) is 5.78 Å². The van der Waals surface area contributed by atoms with Gasteiger partial charge in [-0.2, -0.15) is 0 Å². The molecular weight excluding hydrogens is 438 g/mol. The van der Waals surface area contributed by atoms with Gasteiger partial charge in [-0.25, -0.2) is 0 Å². The van der Waals surface area contributed by atoms with Gasteiger partial charge in [0.1, 0.15) is 18.3 Å². The molecule has 172 valence electrons. The van der Waals surface area contributed by atoms with Gasteiger partial charge in [-0.1, -0.05) is 56.3 Å². The van der Waals surface area contributed by atoms with Gasteiger partial charge in [-0.05, 0) is 47.2 Å². The van der Waals surface area contributed by atoms with Crippen molar-refractivity contribution in [2.24, 2.45) is 11.3 Å². The Bertz CT molecular complexity index is 1120. The average Bonchev–Trinajstić information content (AvgIpc) is 2.77. The maximum atomic E-state index is 13.2. The second-order valence-electron chi connectivity index (χ2n) is 9.45. The number of methoxy groups -OCH3 is 1. The lowest BCUT2D eigenvalue weighted by molar-refractivity contribution is -0.144. The SMILES string of the molecule is C=C1NC2=C(C(=O)CC(C)(C)C2)C(c2ccc(OCc3ccc(Cl)cc3)cc2)C1C(=O)OC. The zero-order valence-electron chi connectivity index (χ0n) is 19.1. The maximum absolute atomic E-state index is 13.2. The third kappa shape index (κ3) is 4.83. The number of ketones is 1. The number of hydrogen-bond acceptors (Lipinski definition) is 5. The van der Waals surface area contributed by atoms with Gasteiger partial charge in [0, 0.05) is 34.3 Å². The predicted molar refractivity (Wildman–Crippen MR) is 128 cm³/mol. The Morgan fingerprint density at radius 1 is 1.12 bits per heavy atom. The molecule has 1 heterocycles. The minimum atomic E-state index is -0.681. The van der Waals surface area contributed by atoms with Crippen LogP contribution in [0.3, 0.4) is 0 Å². The zero-order chi connectivity index (χ0) is 23.8. The number of carbonyl (C=O) groups is 2. The molecule has 2 aromatic carbocycles. The number of nitrogens with one attached hydrogen (secondary N) is 1. The maximum Gasteiger partial charge on any atom is 0.315 e. The Kier molecular flexibility index (Phi) is 6.35. The molecular formula is C27H28ClNO4. The Hall–Kier alpha value is -3.05. The molecule has 1 aliphatic carbocycles. The number of hydrogen-bond donors (Lipinski definition) is 1. The first-order chi connectivity index (χ1) is 15.7. The van der Waals surface area contributed by atoms with Crippen LogP contribution < -0.4 is 10.1 Å². The third-order valence-corrected chi connectivity index (χ3v) is 6.52. The summed E-state index contributed by atoms with van der Waals surface area (Å²) in [6.45, 7) is 8.66. The van der Waals surface area contributed by atoms with Crippen molar-refractivity contribution >= 4 is 23.4 Å². The van der Waals surface area contributed by atoms with Crippen molar-refractivity contribution in [3.8, 4) is 5.75 Å². The van der Waals surface area contributed by atoms with Crippen molar-refractivity contribution in [3.05, 3.63) is 88.2 Å². The van der Waals surface area contributed by atoms with Crippen LogP contribution in [0.2, 0.25) is 5.02 Å². The van der Waals surface area contributed by atoms with Crippen LogP contribution in [-0.2, 0) is 20.9 Å². The summed E-state index contributed by atoms with van der Waals surface area (Å²) in [5.41, 5.74) is 3.78. The topological polar surface area (TPSA) is 64.6 Å². The van der Waals surface area contributed by atoms with E-state index in [1.165, 1.54) is 7.11 Å². The predicted octanol–water partition coefficient (Wildman–Crippen LogP) is 5.55. The fourth-order valence-electron chi connectivity index (χ4n) is 4.73. The highest BCUT2D eigenvalue weighted by Gasteiger charge is 2.46. The fraction of sp³-hybridized carbons (Fsp3) is 0.333. The molecule has 0 fully saturated rings. The molecule has 0 amide bonds. The summed E-state index contributed by atoms with van der Waals surface area (Å²) in [7, 11) is 1.36. The molecule has 2 atom stereocenters. The molecule has 0 bridgehead atoms. The lowest BCUT2D eigenvalue weighted by Crippen LogP contribution is -2.43. The van der Waals surface area contributed by atoms with E-state index in [-0.39, 0.29) is 11.2 Å². The summed E-state index contributed by atoms with van der Waals surface area (Å²) in [5.74, 6) is -0.788. The summed E-state index contributed by atoms with van der Waals surface area (Å²) < 4.78 is 11.0. The van der Waals surface area contributed by atoms with E-state index in [0.717, 1.165) is 23.2 Å². The zero-order valence-corrected chi connectivity index (χ0v) is 19.9. The normalized spacial score (nSPS) is 21.8. The van der Waals surface area contributed by atoms with Gasteiger partial charge in [-0.3, -0.25) is 9.59 Å². The molecule has 1 aliphatic heterocycles. The van der Waals surface area contributed by atoms with E-state index in [1.54, 1.807) is 0 Å². The highest BCUT2D eigenvalue weighted by atomic mass is 35.5. The Morgan fingerprint density at radius 3 is 2.42 bits per heavy atom. The van der Waals surface area contributed by atoms with Crippen LogP contribution in [0.1, 0.15) is 43.7 Å². The highest BCUT2D eigenvalue weighted by Crippen LogP contribution is 2.48. The molecule has 0 radical (unpaired) electrons. The van der Waals surface area contributed by atoms with Crippen molar-refractivity contribution in [1.29, 1.82) is 0 Å². The van der Waals surface area contributed by atoms with Gasteiger partial charge in [0.25, 0.3) is 0 Å². The van der Waals surface area contributed by atoms with Gasteiger partial charge in [0.05, 0.1) is 7.11 Å². The molecule has 2 aliphatic rings. The summed E-state index contributed by atoms with van der Waals surface area (Å²) in [5, 5.41) is 3.93. The smallest absolute Gasteiger partial charge is 0.315 e. The summed E-state index contributed by atoms with van der Waals surface area (Å²) >= 11 is 5.94. The van der Waals surface area contributed by atoms with Crippen LogP contribution in [0.5, 0.6) is 5.75 Å². The number of halogens is 1. The van der Waals surface area contributed by atoms with Crippen LogP contribution >= 0.6 is 11.6 Å². The van der Waals surface area contributed by atoms with Crippen LogP contribution in [-0.4, -0.2) is 18.9 Å². The molecule has 2 unspecified atom stereocenters. The lowest BCUT2D eigenvalue weighted by atomic mass is 9.66. The molecule has 0 spiro atoms.